The third-order valence-electron chi connectivity index (χ3n) is 5.37. The van der Waals surface area contributed by atoms with Gasteiger partial charge >= 0.3 is 5.97 Å². The second kappa shape index (κ2) is 7.59. The Bertz CT molecular complexity index is 1090. The number of fused-ring (bicyclic) bond motifs is 2. The number of rotatable bonds is 4. The lowest BCUT2D eigenvalue weighted by Crippen LogP contribution is -2.34. The summed E-state index contributed by atoms with van der Waals surface area (Å²) in [5.41, 5.74) is 3.94. The van der Waals surface area contributed by atoms with Crippen molar-refractivity contribution in [1.29, 1.82) is 0 Å². The second-order valence-electron chi connectivity index (χ2n) is 6.98. The number of methoxy groups -OCH3 is 1. The van der Waals surface area contributed by atoms with E-state index in [4.69, 9.17) is 9.47 Å². The minimum atomic E-state index is -0.703. The Morgan fingerprint density at radius 2 is 1.90 bits per heavy atom. The number of benzene rings is 2. The lowest BCUT2D eigenvalue weighted by Gasteiger charge is -2.31. The topological polar surface area (TPSA) is 65.0 Å². The fraction of sp³-hybridized carbons (Fsp3) is 0.261. The maximum Gasteiger partial charge on any atom is 0.315 e. The SMILES string of the molecule is CCOc1ccc(Br)cc1C1C2=C(N=C(C)C1C(=O)OC)c1ccccc1C2=O. The summed E-state index contributed by atoms with van der Waals surface area (Å²) in [6.45, 7) is 4.18. The molecule has 0 aromatic heterocycles. The van der Waals surface area contributed by atoms with Crippen molar-refractivity contribution >= 4 is 39.1 Å². The summed E-state index contributed by atoms with van der Waals surface area (Å²) in [7, 11) is 1.35. The molecule has 0 bridgehead atoms. The van der Waals surface area contributed by atoms with E-state index in [2.05, 4.69) is 20.9 Å². The molecule has 0 radical (unpaired) electrons. The summed E-state index contributed by atoms with van der Waals surface area (Å²) >= 11 is 3.52. The van der Waals surface area contributed by atoms with Crippen LogP contribution in [-0.4, -0.2) is 31.2 Å². The number of carbonyl (C=O) groups is 2. The summed E-state index contributed by atoms with van der Waals surface area (Å²) in [6.07, 6.45) is 0. The van der Waals surface area contributed by atoms with Gasteiger partial charge in [0.05, 0.1) is 19.4 Å². The number of ketones is 1. The molecule has 0 saturated heterocycles. The predicted octanol–water partition coefficient (Wildman–Crippen LogP) is 4.80. The molecule has 5 nitrogen and oxygen atoms in total. The van der Waals surface area contributed by atoms with Crippen LogP contribution >= 0.6 is 15.9 Å². The second-order valence-corrected chi connectivity index (χ2v) is 7.90. The molecule has 1 aliphatic heterocycles. The van der Waals surface area contributed by atoms with Crippen molar-refractivity contribution in [2.24, 2.45) is 10.9 Å². The average Bonchev–Trinajstić information content (AvgIpc) is 3.00. The van der Waals surface area contributed by atoms with Gasteiger partial charge in [-0.1, -0.05) is 40.2 Å². The Labute approximate surface area is 177 Å². The molecule has 6 heteroatoms. The van der Waals surface area contributed by atoms with Crippen LogP contribution in [0.4, 0.5) is 0 Å². The van der Waals surface area contributed by atoms with Crippen molar-refractivity contribution in [3.8, 4) is 5.75 Å². The molecule has 1 heterocycles. The molecule has 0 N–H and O–H groups in total. The standard InChI is InChI=1S/C23H20BrNO4/c1-4-29-17-10-9-13(24)11-16(17)19-18(23(27)28-3)12(2)25-21-14-7-5-6-8-15(14)22(26)20(19)21/h5-11,18-19H,4H2,1-3H3. The number of allylic oxidation sites excluding steroid dienone is 1. The van der Waals surface area contributed by atoms with Gasteiger partial charge < -0.3 is 9.47 Å². The van der Waals surface area contributed by atoms with Crippen LogP contribution in [0.2, 0.25) is 0 Å². The highest BCUT2D eigenvalue weighted by atomic mass is 79.9. The monoisotopic (exact) mass is 453 g/mol. The van der Waals surface area contributed by atoms with Gasteiger partial charge in [-0.3, -0.25) is 14.6 Å². The fourth-order valence-electron chi connectivity index (χ4n) is 4.17. The van der Waals surface area contributed by atoms with Gasteiger partial charge in [0.15, 0.2) is 5.78 Å². The van der Waals surface area contributed by atoms with E-state index < -0.39 is 17.8 Å². The number of hydrogen-bond acceptors (Lipinski definition) is 5. The highest BCUT2D eigenvalue weighted by Crippen LogP contribution is 2.50. The van der Waals surface area contributed by atoms with Gasteiger partial charge in [-0.15, -0.1) is 0 Å². The minimum absolute atomic E-state index is 0.104. The molecule has 2 aliphatic rings. The number of esters is 1. The number of aliphatic imine (C=N–C) groups is 1. The smallest absolute Gasteiger partial charge is 0.315 e. The van der Waals surface area contributed by atoms with Crippen LogP contribution in [0.15, 0.2) is 57.5 Å². The highest BCUT2D eigenvalue weighted by molar-refractivity contribution is 9.10. The zero-order valence-electron chi connectivity index (χ0n) is 16.4. The van der Waals surface area contributed by atoms with Gasteiger partial charge in [0.1, 0.15) is 11.7 Å². The van der Waals surface area contributed by atoms with Crippen molar-refractivity contribution in [1.82, 2.24) is 0 Å². The van der Waals surface area contributed by atoms with Gasteiger partial charge in [0.25, 0.3) is 0 Å². The summed E-state index contributed by atoms with van der Waals surface area (Å²) < 4.78 is 11.8. The molecule has 29 heavy (non-hydrogen) atoms. The Balaban J connectivity index is 1.99. The van der Waals surface area contributed by atoms with Gasteiger partial charge in [-0.25, -0.2) is 0 Å². The molecule has 4 rings (SSSR count). The molecule has 2 atom stereocenters. The third-order valence-corrected chi connectivity index (χ3v) is 5.86. The van der Waals surface area contributed by atoms with Gasteiger partial charge in [-0.05, 0) is 32.0 Å². The van der Waals surface area contributed by atoms with Crippen LogP contribution in [0.5, 0.6) is 5.75 Å². The van der Waals surface area contributed by atoms with Crippen LogP contribution in [-0.2, 0) is 9.53 Å². The zero-order chi connectivity index (χ0) is 20.7. The summed E-state index contributed by atoms with van der Waals surface area (Å²) in [6, 6.07) is 13.1. The third kappa shape index (κ3) is 3.12. The number of hydrogen-bond donors (Lipinski definition) is 0. The van der Waals surface area contributed by atoms with Crippen LogP contribution in [0.3, 0.4) is 0 Å². The quantitative estimate of drug-likeness (QED) is 0.623. The molecular weight excluding hydrogens is 434 g/mol. The fourth-order valence-corrected chi connectivity index (χ4v) is 4.54. The van der Waals surface area contributed by atoms with Gasteiger partial charge in [0, 0.05) is 38.4 Å². The molecule has 1 aliphatic carbocycles. The van der Waals surface area contributed by atoms with E-state index >= 15 is 0 Å². The first-order valence-electron chi connectivity index (χ1n) is 9.41. The molecule has 2 aromatic carbocycles. The Morgan fingerprint density at radius 3 is 2.59 bits per heavy atom. The van der Waals surface area contributed by atoms with Crippen molar-refractivity contribution in [2.75, 3.05) is 13.7 Å². The van der Waals surface area contributed by atoms with E-state index in [-0.39, 0.29) is 5.78 Å². The maximum atomic E-state index is 13.4. The van der Waals surface area contributed by atoms with Crippen LogP contribution in [0, 0.1) is 5.92 Å². The zero-order valence-corrected chi connectivity index (χ0v) is 17.9. The van der Waals surface area contributed by atoms with E-state index in [0.717, 1.165) is 15.6 Å². The molecule has 0 spiro atoms. The van der Waals surface area contributed by atoms with E-state index in [1.807, 2.05) is 50.2 Å². The van der Waals surface area contributed by atoms with Crippen LogP contribution in [0.1, 0.15) is 41.3 Å². The Kier molecular flexibility index (Phi) is 5.13. The Morgan fingerprint density at radius 1 is 1.17 bits per heavy atom. The molecule has 2 aromatic rings. The summed E-state index contributed by atoms with van der Waals surface area (Å²) in [5, 5.41) is 0. The number of Topliss-reactive ketones (excluding diaryl/α,β-unsaturated/α-hetero) is 1. The van der Waals surface area contributed by atoms with Crippen LogP contribution < -0.4 is 4.74 Å². The first kappa shape index (κ1) is 19.6. The maximum absolute atomic E-state index is 13.4. The van der Waals surface area contributed by atoms with Crippen molar-refractivity contribution in [3.05, 3.63) is 69.2 Å². The van der Waals surface area contributed by atoms with Gasteiger partial charge in [-0.2, -0.15) is 0 Å². The van der Waals surface area contributed by atoms with Crippen LogP contribution in [0.25, 0.3) is 5.70 Å². The number of ether oxygens (including phenoxy) is 2. The van der Waals surface area contributed by atoms with E-state index in [9.17, 15) is 9.59 Å². The molecule has 2 unspecified atom stereocenters. The van der Waals surface area contributed by atoms with Crippen molar-refractivity contribution in [3.63, 3.8) is 0 Å². The van der Waals surface area contributed by atoms with E-state index in [1.54, 1.807) is 6.07 Å². The van der Waals surface area contributed by atoms with Crippen molar-refractivity contribution < 1.29 is 19.1 Å². The normalized spacial score (nSPS) is 20.1. The lowest BCUT2D eigenvalue weighted by atomic mass is 9.75. The Hall–Kier alpha value is -2.73. The highest BCUT2D eigenvalue weighted by Gasteiger charge is 2.46. The molecule has 0 fully saturated rings. The molecular formula is C23H20BrNO4. The van der Waals surface area contributed by atoms with E-state index in [0.29, 0.717) is 34.9 Å². The summed E-state index contributed by atoms with van der Waals surface area (Å²) in [4.78, 5) is 30.9. The molecule has 0 amide bonds. The number of carbonyl (C=O) groups excluding carboxylic acids is 2. The molecule has 0 saturated carbocycles. The molecule has 148 valence electrons. The number of halogens is 1. The first-order valence-corrected chi connectivity index (χ1v) is 10.2. The number of nitrogens with zero attached hydrogens (tertiary/aromatic N) is 1. The summed E-state index contributed by atoms with van der Waals surface area (Å²) in [5.74, 6) is -1.14. The average molecular weight is 454 g/mol. The van der Waals surface area contributed by atoms with Gasteiger partial charge in [0.2, 0.25) is 0 Å². The first-order chi connectivity index (χ1) is 14.0. The minimum Gasteiger partial charge on any atom is -0.494 e. The largest absolute Gasteiger partial charge is 0.494 e. The van der Waals surface area contributed by atoms with E-state index in [1.165, 1.54) is 7.11 Å². The van der Waals surface area contributed by atoms with Crippen molar-refractivity contribution in [2.45, 2.75) is 19.8 Å². The predicted molar refractivity (Wildman–Crippen MR) is 114 cm³/mol. The lowest BCUT2D eigenvalue weighted by molar-refractivity contribution is -0.143.